The highest BCUT2D eigenvalue weighted by molar-refractivity contribution is 7.99. The predicted molar refractivity (Wildman–Crippen MR) is 128 cm³/mol. The van der Waals surface area contributed by atoms with Crippen LogP contribution in [0, 0.1) is 6.92 Å². The third-order valence-electron chi connectivity index (χ3n) is 5.21. The Kier molecular flexibility index (Phi) is 7.19. The SMILES string of the molecule is Cc1ccc(-c2noc(-c3nnc(SCC(=O)N[C@@H](C)CCc4ccccc4)n3C)n2)cc1. The Bertz CT molecular complexity index is 1200. The Morgan fingerprint density at radius 2 is 1.88 bits per heavy atom. The van der Waals surface area contributed by atoms with Crippen LogP contribution in [0.5, 0.6) is 0 Å². The van der Waals surface area contributed by atoms with Crippen molar-refractivity contribution in [2.24, 2.45) is 7.05 Å². The molecule has 4 rings (SSSR count). The van der Waals surface area contributed by atoms with Crippen LogP contribution in [0.3, 0.4) is 0 Å². The summed E-state index contributed by atoms with van der Waals surface area (Å²) in [5.74, 6) is 1.45. The van der Waals surface area contributed by atoms with E-state index in [0.29, 0.717) is 16.8 Å². The predicted octanol–water partition coefficient (Wildman–Crippen LogP) is 4.07. The molecule has 0 saturated heterocycles. The van der Waals surface area contributed by atoms with E-state index < -0.39 is 0 Å². The zero-order chi connectivity index (χ0) is 23.2. The van der Waals surface area contributed by atoms with E-state index in [9.17, 15) is 4.79 Å². The highest BCUT2D eigenvalue weighted by atomic mass is 32.2. The number of nitrogens with one attached hydrogen (secondary N) is 1. The lowest BCUT2D eigenvalue weighted by Gasteiger charge is -2.13. The maximum Gasteiger partial charge on any atom is 0.296 e. The zero-order valence-corrected chi connectivity index (χ0v) is 19.7. The summed E-state index contributed by atoms with van der Waals surface area (Å²) in [6.07, 6.45) is 1.81. The van der Waals surface area contributed by atoms with E-state index in [1.165, 1.54) is 17.3 Å². The molecule has 0 bridgehead atoms. The van der Waals surface area contributed by atoms with E-state index in [0.717, 1.165) is 24.0 Å². The van der Waals surface area contributed by atoms with Crippen molar-refractivity contribution < 1.29 is 9.32 Å². The minimum absolute atomic E-state index is 0.0374. The summed E-state index contributed by atoms with van der Waals surface area (Å²) < 4.78 is 7.15. The lowest BCUT2D eigenvalue weighted by molar-refractivity contribution is -0.119. The van der Waals surface area contributed by atoms with E-state index in [1.807, 2.05) is 63.4 Å². The zero-order valence-electron chi connectivity index (χ0n) is 18.9. The average Bonchev–Trinajstić information content (AvgIpc) is 3.44. The Hall–Kier alpha value is -3.46. The highest BCUT2D eigenvalue weighted by Crippen LogP contribution is 2.24. The molecule has 0 radical (unpaired) electrons. The molecule has 33 heavy (non-hydrogen) atoms. The second kappa shape index (κ2) is 10.4. The fourth-order valence-corrected chi connectivity index (χ4v) is 4.03. The molecular formula is C24H26N6O2S. The van der Waals surface area contributed by atoms with Crippen LogP contribution in [0.25, 0.3) is 23.1 Å². The van der Waals surface area contributed by atoms with E-state index in [4.69, 9.17) is 4.52 Å². The first-order valence-electron chi connectivity index (χ1n) is 10.8. The molecule has 0 unspecified atom stereocenters. The van der Waals surface area contributed by atoms with Crippen LogP contribution in [-0.2, 0) is 18.3 Å². The molecule has 2 heterocycles. The molecule has 2 aromatic heterocycles. The van der Waals surface area contributed by atoms with Gasteiger partial charge in [-0.2, -0.15) is 4.98 Å². The third kappa shape index (κ3) is 5.87. The van der Waals surface area contributed by atoms with Crippen molar-refractivity contribution in [3.63, 3.8) is 0 Å². The Balaban J connectivity index is 1.31. The number of hydrogen-bond acceptors (Lipinski definition) is 7. The molecule has 1 amide bonds. The molecule has 0 aliphatic carbocycles. The topological polar surface area (TPSA) is 98.7 Å². The molecule has 2 aromatic carbocycles. The number of aromatic nitrogens is 5. The summed E-state index contributed by atoms with van der Waals surface area (Å²) in [4.78, 5) is 16.8. The van der Waals surface area contributed by atoms with Gasteiger partial charge in [-0.25, -0.2) is 0 Å². The smallest absolute Gasteiger partial charge is 0.296 e. The maximum atomic E-state index is 12.4. The monoisotopic (exact) mass is 462 g/mol. The number of carbonyl (C=O) groups is 1. The summed E-state index contributed by atoms with van der Waals surface area (Å²) >= 11 is 1.32. The van der Waals surface area contributed by atoms with Crippen molar-refractivity contribution >= 4 is 17.7 Å². The number of amides is 1. The van der Waals surface area contributed by atoms with E-state index >= 15 is 0 Å². The molecule has 0 fully saturated rings. The van der Waals surface area contributed by atoms with Crippen molar-refractivity contribution in [1.29, 1.82) is 0 Å². The van der Waals surface area contributed by atoms with Gasteiger partial charge in [-0.3, -0.25) is 4.79 Å². The molecule has 0 saturated carbocycles. The van der Waals surface area contributed by atoms with Crippen molar-refractivity contribution in [3.05, 3.63) is 65.7 Å². The van der Waals surface area contributed by atoms with E-state index in [1.54, 1.807) is 4.57 Å². The molecule has 1 atom stereocenters. The van der Waals surface area contributed by atoms with Crippen LogP contribution in [0.4, 0.5) is 0 Å². The van der Waals surface area contributed by atoms with Gasteiger partial charge in [0.05, 0.1) is 5.75 Å². The number of nitrogens with zero attached hydrogens (tertiary/aromatic N) is 5. The van der Waals surface area contributed by atoms with Gasteiger partial charge >= 0.3 is 0 Å². The van der Waals surface area contributed by atoms with Crippen molar-refractivity contribution in [2.75, 3.05) is 5.75 Å². The molecular weight excluding hydrogens is 436 g/mol. The van der Waals surface area contributed by atoms with Gasteiger partial charge in [0, 0.05) is 18.7 Å². The molecule has 170 valence electrons. The number of carbonyl (C=O) groups excluding carboxylic acids is 1. The third-order valence-corrected chi connectivity index (χ3v) is 6.23. The number of benzene rings is 2. The summed E-state index contributed by atoms with van der Waals surface area (Å²) in [5, 5.41) is 16.1. The minimum atomic E-state index is -0.0374. The number of rotatable bonds is 9. The second-order valence-corrected chi connectivity index (χ2v) is 8.88. The van der Waals surface area contributed by atoms with Crippen molar-refractivity contribution in [2.45, 2.75) is 37.9 Å². The van der Waals surface area contributed by atoms with Crippen LogP contribution < -0.4 is 5.32 Å². The molecule has 9 heteroatoms. The maximum absolute atomic E-state index is 12.4. The van der Waals surface area contributed by atoms with Gasteiger partial charge < -0.3 is 14.4 Å². The Labute approximate surface area is 196 Å². The van der Waals surface area contributed by atoms with Crippen LogP contribution in [0.15, 0.2) is 64.3 Å². The number of thioether (sulfide) groups is 1. The summed E-state index contributed by atoms with van der Waals surface area (Å²) in [6, 6.07) is 18.2. The van der Waals surface area contributed by atoms with Gasteiger partial charge in [0.25, 0.3) is 5.89 Å². The summed E-state index contributed by atoms with van der Waals surface area (Å²) in [7, 11) is 1.81. The van der Waals surface area contributed by atoms with Gasteiger partial charge in [0.2, 0.25) is 17.6 Å². The van der Waals surface area contributed by atoms with Gasteiger partial charge in [0.15, 0.2) is 5.16 Å². The van der Waals surface area contributed by atoms with Crippen molar-refractivity contribution in [3.8, 4) is 23.1 Å². The molecule has 8 nitrogen and oxygen atoms in total. The average molecular weight is 463 g/mol. The fraction of sp³-hybridized carbons (Fsp3) is 0.292. The fourth-order valence-electron chi connectivity index (χ4n) is 3.31. The standard InChI is InChI=1S/C24H26N6O2S/c1-16-9-13-19(14-10-16)21-26-23(32-29-21)22-27-28-24(30(22)3)33-15-20(31)25-17(2)11-12-18-7-5-4-6-8-18/h4-10,13-14,17H,11-12,15H2,1-3H3,(H,25,31)/t17-/m0/s1. The lowest BCUT2D eigenvalue weighted by atomic mass is 10.1. The number of aryl methyl sites for hydroxylation is 2. The lowest BCUT2D eigenvalue weighted by Crippen LogP contribution is -2.34. The van der Waals surface area contributed by atoms with Gasteiger partial charge in [-0.05, 0) is 32.3 Å². The molecule has 0 spiro atoms. The van der Waals surface area contributed by atoms with Gasteiger partial charge in [-0.15, -0.1) is 10.2 Å². The quantitative estimate of drug-likeness (QED) is 0.374. The number of hydrogen-bond donors (Lipinski definition) is 1. The summed E-state index contributed by atoms with van der Waals surface area (Å²) in [6.45, 7) is 4.04. The van der Waals surface area contributed by atoms with E-state index in [-0.39, 0.29) is 23.6 Å². The largest absolute Gasteiger partial charge is 0.353 e. The van der Waals surface area contributed by atoms with Crippen LogP contribution in [0.2, 0.25) is 0 Å². The Morgan fingerprint density at radius 3 is 2.64 bits per heavy atom. The van der Waals surface area contributed by atoms with Crippen molar-refractivity contribution in [1.82, 2.24) is 30.2 Å². The molecule has 1 N–H and O–H groups in total. The molecule has 0 aliphatic rings. The van der Waals surface area contributed by atoms with Crippen LogP contribution >= 0.6 is 11.8 Å². The van der Waals surface area contributed by atoms with Gasteiger partial charge in [0.1, 0.15) is 0 Å². The summed E-state index contributed by atoms with van der Waals surface area (Å²) in [5.41, 5.74) is 3.30. The first kappa shape index (κ1) is 22.7. The first-order chi connectivity index (χ1) is 16.0. The van der Waals surface area contributed by atoms with E-state index in [2.05, 4.69) is 37.8 Å². The Morgan fingerprint density at radius 1 is 1.12 bits per heavy atom. The first-order valence-corrected chi connectivity index (χ1v) is 11.7. The minimum Gasteiger partial charge on any atom is -0.353 e. The highest BCUT2D eigenvalue weighted by Gasteiger charge is 2.19. The van der Waals surface area contributed by atoms with Crippen LogP contribution in [-0.4, -0.2) is 42.6 Å². The normalized spacial score (nSPS) is 12.0. The molecule has 4 aromatic rings. The van der Waals surface area contributed by atoms with Crippen LogP contribution in [0.1, 0.15) is 24.5 Å². The van der Waals surface area contributed by atoms with Gasteiger partial charge in [-0.1, -0.05) is 77.1 Å². The molecule has 0 aliphatic heterocycles. The second-order valence-electron chi connectivity index (χ2n) is 7.94.